The summed E-state index contributed by atoms with van der Waals surface area (Å²) >= 11 is 0. The molecule has 4 nitrogen and oxygen atoms in total. The number of anilines is 1. The summed E-state index contributed by atoms with van der Waals surface area (Å²) < 4.78 is 25.5. The Hall–Kier alpha value is -2.32. The maximum Gasteiger partial charge on any atom is 0.276 e. The molecular weight excluding hydrogens is 261 g/mol. The van der Waals surface area contributed by atoms with E-state index >= 15 is 0 Å². The third kappa shape index (κ3) is 2.59. The van der Waals surface area contributed by atoms with Crippen molar-refractivity contribution >= 4 is 15.7 Å². The first-order valence-corrected chi connectivity index (χ1v) is 7.06. The zero-order chi connectivity index (χ0) is 13.9. The Kier molecular flexibility index (Phi) is 3.54. The summed E-state index contributed by atoms with van der Waals surface area (Å²) in [6.45, 7) is 1.87. The predicted octanol–water partition coefficient (Wildman–Crippen LogP) is 2.67. The highest BCUT2D eigenvalue weighted by molar-refractivity contribution is 7.93. The van der Waals surface area contributed by atoms with E-state index in [2.05, 4.69) is 0 Å². The van der Waals surface area contributed by atoms with Crippen molar-refractivity contribution in [1.29, 1.82) is 5.26 Å². The van der Waals surface area contributed by atoms with Gasteiger partial charge in [0.05, 0.1) is 10.6 Å². The molecule has 0 aromatic heterocycles. The molecule has 0 unspecified atom stereocenters. The standard InChI is InChI=1S/C14H12N2O2S/c1-12-7-9-14(10-8-12)19(17,18)16(11-15)13-5-3-2-4-6-13/h2-10H,1H3/i11+1. The van der Waals surface area contributed by atoms with Crippen molar-refractivity contribution in [3.8, 4) is 6.19 Å². The topological polar surface area (TPSA) is 61.2 Å². The number of nitriles is 1. The van der Waals surface area contributed by atoms with Crippen LogP contribution in [0.5, 0.6) is 0 Å². The first-order chi connectivity index (χ1) is 9.05. The molecule has 0 heterocycles. The van der Waals surface area contributed by atoms with E-state index in [9.17, 15) is 8.42 Å². The van der Waals surface area contributed by atoms with Crippen LogP contribution in [0.2, 0.25) is 0 Å². The molecule has 0 saturated carbocycles. The second-order valence-corrected chi connectivity index (χ2v) is 5.80. The van der Waals surface area contributed by atoms with Crippen molar-refractivity contribution in [2.45, 2.75) is 11.8 Å². The largest absolute Gasteiger partial charge is 0.276 e. The number of aryl methyl sites for hydroxylation is 1. The van der Waals surface area contributed by atoms with E-state index < -0.39 is 10.0 Å². The molecule has 0 N–H and O–H groups in total. The fourth-order valence-electron chi connectivity index (χ4n) is 1.63. The fourth-order valence-corrected chi connectivity index (χ4v) is 2.83. The van der Waals surface area contributed by atoms with Gasteiger partial charge < -0.3 is 0 Å². The van der Waals surface area contributed by atoms with Crippen LogP contribution in [0.15, 0.2) is 59.5 Å². The third-order valence-corrected chi connectivity index (χ3v) is 4.28. The minimum atomic E-state index is -3.85. The van der Waals surface area contributed by atoms with Gasteiger partial charge in [-0.2, -0.15) is 18.0 Å². The number of hydrogen-bond donors (Lipinski definition) is 0. The molecule has 0 aliphatic rings. The first kappa shape index (κ1) is 13.1. The average molecular weight is 273 g/mol. The number of sulfonamides is 1. The highest BCUT2D eigenvalue weighted by Crippen LogP contribution is 2.22. The normalized spacial score (nSPS) is 10.7. The van der Waals surface area contributed by atoms with E-state index in [0.29, 0.717) is 5.69 Å². The van der Waals surface area contributed by atoms with Gasteiger partial charge in [-0.3, -0.25) is 0 Å². The molecule has 0 atom stereocenters. The van der Waals surface area contributed by atoms with Crippen LogP contribution in [-0.2, 0) is 10.0 Å². The van der Waals surface area contributed by atoms with Crippen molar-refractivity contribution in [3.05, 3.63) is 60.2 Å². The number of benzene rings is 2. The van der Waals surface area contributed by atoms with Crippen molar-refractivity contribution in [2.75, 3.05) is 4.31 Å². The van der Waals surface area contributed by atoms with Crippen molar-refractivity contribution in [1.82, 2.24) is 0 Å². The number of nitrogens with zero attached hydrogens (tertiary/aromatic N) is 2. The van der Waals surface area contributed by atoms with Gasteiger partial charge in [0.1, 0.15) is 0 Å². The van der Waals surface area contributed by atoms with Crippen molar-refractivity contribution in [2.24, 2.45) is 0 Å². The van der Waals surface area contributed by atoms with Crippen LogP contribution in [-0.4, -0.2) is 8.42 Å². The Morgan fingerprint density at radius 1 is 1.00 bits per heavy atom. The highest BCUT2D eigenvalue weighted by Gasteiger charge is 2.24. The molecule has 2 aromatic carbocycles. The van der Waals surface area contributed by atoms with E-state index in [1.165, 1.54) is 12.1 Å². The van der Waals surface area contributed by atoms with Gasteiger partial charge in [-0.25, -0.2) is 0 Å². The van der Waals surface area contributed by atoms with Crippen LogP contribution in [0.3, 0.4) is 0 Å². The minimum absolute atomic E-state index is 0.100. The molecule has 0 radical (unpaired) electrons. The molecule has 96 valence electrons. The lowest BCUT2D eigenvalue weighted by Gasteiger charge is -2.15. The predicted molar refractivity (Wildman–Crippen MR) is 72.9 cm³/mol. The zero-order valence-corrected chi connectivity index (χ0v) is 11.1. The van der Waals surface area contributed by atoms with E-state index in [-0.39, 0.29) is 4.90 Å². The lowest BCUT2D eigenvalue weighted by molar-refractivity contribution is 0.596. The molecule has 2 aromatic rings. The number of hydrogen-bond acceptors (Lipinski definition) is 3. The summed E-state index contributed by atoms with van der Waals surface area (Å²) in [6, 6.07) is 14.7. The van der Waals surface area contributed by atoms with Crippen molar-refractivity contribution < 1.29 is 8.42 Å². The van der Waals surface area contributed by atoms with Crippen LogP contribution < -0.4 is 4.31 Å². The Bertz CT molecular complexity index is 701. The van der Waals surface area contributed by atoms with Gasteiger partial charge in [0.2, 0.25) is 0 Å². The maximum atomic E-state index is 12.4. The molecule has 0 aliphatic carbocycles. The van der Waals surface area contributed by atoms with E-state index in [0.717, 1.165) is 9.87 Å². The molecule has 0 spiro atoms. The molecule has 19 heavy (non-hydrogen) atoms. The molecule has 0 fully saturated rings. The lowest BCUT2D eigenvalue weighted by atomic mass is 10.2. The smallest absolute Gasteiger partial charge is 0.200 e. The van der Waals surface area contributed by atoms with E-state index in [4.69, 9.17) is 5.26 Å². The van der Waals surface area contributed by atoms with Crippen LogP contribution in [0, 0.1) is 18.4 Å². The Morgan fingerprint density at radius 3 is 2.11 bits per heavy atom. The Labute approximate surface area is 112 Å². The molecule has 0 aliphatic heterocycles. The van der Waals surface area contributed by atoms with Gasteiger partial charge in [0.15, 0.2) is 6.19 Å². The van der Waals surface area contributed by atoms with Gasteiger partial charge in [-0.1, -0.05) is 35.9 Å². The monoisotopic (exact) mass is 273 g/mol. The van der Waals surface area contributed by atoms with Crippen molar-refractivity contribution in [3.63, 3.8) is 0 Å². The van der Waals surface area contributed by atoms with Gasteiger partial charge in [0, 0.05) is 0 Å². The quantitative estimate of drug-likeness (QED) is 0.490. The summed E-state index contributed by atoms with van der Waals surface area (Å²) in [6.07, 6.45) is 1.72. The molecule has 0 amide bonds. The summed E-state index contributed by atoms with van der Waals surface area (Å²) in [4.78, 5) is 0.100. The molecule has 0 bridgehead atoms. The summed E-state index contributed by atoms with van der Waals surface area (Å²) in [5.74, 6) is 0. The molecule has 5 heteroatoms. The van der Waals surface area contributed by atoms with Gasteiger partial charge in [-0.05, 0) is 31.2 Å². The second kappa shape index (κ2) is 5.12. The van der Waals surface area contributed by atoms with E-state index in [1.807, 2.05) is 6.92 Å². The summed E-state index contributed by atoms with van der Waals surface area (Å²) in [5.41, 5.74) is 1.28. The SMILES string of the molecule is Cc1ccc(S(=O)(=O)N([13C]#N)c2ccccc2)cc1. The zero-order valence-electron chi connectivity index (χ0n) is 10.3. The maximum absolute atomic E-state index is 12.4. The van der Waals surface area contributed by atoms with Crippen LogP contribution in [0.25, 0.3) is 0 Å². The molecule has 2 rings (SSSR count). The minimum Gasteiger partial charge on any atom is -0.200 e. The molecule has 0 saturated heterocycles. The number of para-hydroxylation sites is 1. The van der Waals surface area contributed by atoms with Gasteiger partial charge in [-0.15, -0.1) is 0 Å². The number of rotatable bonds is 3. The Balaban J connectivity index is 2.49. The summed E-state index contributed by atoms with van der Waals surface area (Å²) in [5, 5.41) is 9.13. The Morgan fingerprint density at radius 2 is 1.58 bits per heavy atom. The average Bonchev–Trinajstić information content (AvgIpc) is 2.41. The van der Waals surface area contributed by atoms with Crippen LogP contribution >= 0.6 is 0 Å². The van der Waals surface area contributed by atoms with Gasteiger partial charge in [0.25, 0.3) is 10.0 Å². The second-order valence-electron chi connectivity index (χ2n) is 4.02. The highest BCUT2D eigenvalue weighted by atomic mass is 32.2. The fraction of sp³-hybridized carbons (Fsp3) is 0.0714. The first-order valence-electron chi connectivity index (χ1n) is 5.62. The third-order valence-electron chi connectivity index (χ3n) is 2.64. The van der Waals surface area contributed by atoms with E-state index in [1.54, 1.807) is 48.7 Å². The molecular formula is C14H12N2O2S. The lowest BCUT2D eigenvalue weighted by Crippen LogP contribution is -2.25. The van der Waals surface area contributed by atoms with Crippen LogP contribution in [0.1, 0.15) is 5.56 Å². The van der Waals surface area contributed by atoms with Gasteiger partial charge >= 0.3 is 0 Å². The summed E-state index contributed by atoms with van der Waals surface area (Å²) in [7, 11) is -3.85. The van der Waals surface area contributed by atoms with Crippen LogP contribution in [0.4, 0.5) is 5.69 Å².